The van der Waals surface area contributed by atoms with E-state index < -0.39 is 0 Å². The lowest BCUT2D eigenvalue weighted by atomic mass is 9.96. The Morgan fingerprint density at radius 3 is 2.53 bits per heavy atom. The molecule has 0 saturated carbocycles. The van der Waals surface area contributed by atoms with Crippen LogP contribution in [0.15, 0.2) is 12.4 Å². The van der Waals surface area contributed by atoms with Crippen LogP contribution in [0.25, 0.3) is 11.2 Å². The Morgan fingerprint density at radius 1 is 1.24 bits per heavy atom. The highest BCUT2D eigenvalue weighted by atomic mass is 15.0. The van der Waals surface area contributed by atoms with Crippen LogP contribution in [0.3, 0.4) is 0 Å². The molecule has 3 nitrogen and oxygen atoms in total. The standard InChI is InChI=1S/C14H21N3/c1-5-10(6-2)12-9-17(4)14-13(12)16-11(7-3)8-15-14/h8-10H,5-7H2,1-4H3. The summed E-state index contributed by atoms with van der Waals surface area (Å²) < 4.78 is 2.09. The monoisotopic (exact) mass is 231 g/mol. The second kappa shape index (κ2) is 4.86. The highest BCUT2D eigenvalue weighted by Gasteiger charge is 2.16. The fourth-order valence-electron chi connectivity index (χ4n) is 2.40. The van der Waals surface area contributed by atoms with Gasteiger partial charge in [0.2, 0.25) is 0 Å². The number of aryl methyl sites for hydroxylation is 2. The fraction of sp³-hybridized carbons (Fsp3) is 0.571. The molecule has 0 spiro atoms. The van der Waals surface area contributed by atoms with E-state index >= 15 is 0 Å². The number of hydrogen-bond donors (Lipinski definition) is 0. The first-order valence-electron chi connectivity index (χ1n) is 6.52. The topological polar surface area (TPSA) is 30.7 Å². The lowest BCUT2D eigenvalue weighted by Crippen LogP contribution is -1.97. The Bertz CT molecular complexity index is 509. The first kappa shape index (κ1) is 12.1. The minimum absolute atomic E-state index is 0.597. The van der Waals surface area contributed by atoms with E-state index in [0.717, 1.165) is 36.1 Å². The Morgan fingerprint density at radius 2 is 1.94 bits per heavy atom. The molecule has 0 aliphatic heterocycles. The molecule has 0 aliphatic carbocycles. The minimum Gasteiger partial charge on any atom is -0.334 e. The van der Waals surface area contributed by atoms with Gasteiger partial charge in [-0.05, 0) is 25.2 Å². The highest BCUT2D eigenvalue weighted by Crippen LogP contribution is 2.29. The van der Waals surface area contributed by atoms with Crippen molar-refractivity contribution in [3.8, 4) is 0 Å². The number of aromatic nitrogens is 3. The summed E-state index contributed by atoms with van der Waals surface area (Å²) in [5.74, 6) is 0.597. The Hall–Kier alpha value is -1.38. The maximum Gasteiger partial charge on any atom is 0.158 e. The summed E-state index contributed by atoms with van der Waals surface area (Å²) in [4.78, 5) is 9.27. The molecular weight excluding hydrogens is 210 g/mol. The molecule has 0 amide bonds. The molecular formula is C14H21N3. The van der Waals surface area contributed by atoms with Crippen molar-refractivity contribution in [2.24, 2.45) is 7.05 Å². The molecule has 2 aromatic rings. The minimum atomic E-state index is 0.597. The van der Waals surface area contributed by atoms with Crippen molar-refractivity contribution >= 4 is 11.2 Å². The number of hydrogen-bond acceptors (Lipinski definition) is 2. The van der Waals surface area contributed by atoms with Crippen molar-refractivity contribution in [2.45, 2.75) is 46.0 Å². The molecule has 2 rings (SSSR count). The molecule has 0 fully saturated rings. The van der Waals surface area contributed by atoms with Crippen molar-refractivity contribution in [1.82, 2.24) is 14.5 Å². The summed E-state index contributed by atoms with van der Waals surface area (Å²) in [6.07, 6.45) is 7.35. The average molecular weight is 231 g/mol. The zero-order chi connectivity index (χ0) is 12.4. The molecule has 92 valence electrons. The van der Waals surface area contributed by atoms with Crippen LogP contribution in [0.4, 0.5) is 0 Å². The molecule has 17 heavy (non-hydrogen) atoms. The van der Waals surface area contributed by atoms with E-state index in [9.17, 15) is 0 Å². The lowest BCUT2D eigenvalue weighted by molar-refractivity contribution is 0.643. The highest BCUT2D eigenvalue weighted by molar-refractivity contribution is 5.76. The van der Waals surface area contributed by atoms with Gasteiger partial charge in [-0.3, -0.25) is 0 Å². The van der Waals surface area contributed by atoms with Crippen LogP contribution < -0.4 is 0 Å². The van der Waals surface area contributed by atoms with Gasteiger partial charge in [0.05, 0.1) is 11.9 Å². The molecule has 0 N–H and O–H groups in total. The molecule has 0 aromatic carbocycles. The van der Waals surface area contributed by atoms with Gasteiger partial charge in [-0.1, -0.05) is 20.8 Å². The van der Waals surface area contributed by atoms with Gasteiger partial charge in [-0.2, -0.15) is 0 Å². The molecule has 2 aromatic heterocycles. The summed E-state index contributed by atoms with van der Waals surface area (Å²) in [6, 6.07) is 0. The maximum absolute atomic E-state index is 4.75. The third-order valence-corrected chi connectivity index (χ3v) is 3.53. The summed E-state index contributed by atoms with van der Waals surface area (Å²) in [5, 5.41) is 0. The van der Waals surface area contributed by atoms with Gasteiger partial charge < -0.3 is 4.57 Å². The van der Waals surface area contributed by atoms with Crippen LogP contribution in [0.2, 0.25) is 0 Å². The Kier molecular flexibility index (Phi) is 3.46. The summed E-state index contributed by atoms with van der Waals surface area (Å²) in [6.45, 7) is 6.60. The van der Waals surface area contributed by atoms with E-state index in [1.807, 2.05) is 6.20 Å². The van der Waals surface area contributed by atoms with Crippen LogP contribution in [0.1, 0.15) is 50.8 Å². The number of fused-ring (bicyclic) bond motifs is 1. The van der Waals surface area contributed by atoms with Gasteiger partial charge in [0.1, 0.15) is 5.52 Å². The molecule has 0 bridgehead atoms. The quantitative estimate of drug-likeness (QED) is 0.807. The second-order valence-corrected chi connectivity index (χ2v) is 4.60. The van der Waals surface area contributed by atoms with Crippen LogP contribution in [-0.4, -0.2) is 14.5 Å². The SMILES string of the molecule is CCc1cnc2c(n1)c(C(CC)CC)cn2C. The molecule has 0 saturated heterocycles. The van der Waals surface area contributed by atoms with Crippen molar-refractivity contribution in [1.29, 1.82) is 0 Å². The van der Waals surface area contributed by atoms with Crippen molar-refractivity contribution in [3.05, 3.63) is 23.7 Å². The average Bonchev–Trinajstić information content (AvgIpc) is 2.68. The van der Waals surface area contributed by atoms with Gasteiger partial charge in [-0.25, -0.2) is 9.97 Å². The van der Waals surface area contributed by atoms with Crippen LogP contribution >= 0.6 is 0 Å². The lowest BCUT2D eigenvalue weighted by Gasteiger charge is -2.10. The maximum atomic E-state index is 4.75. The number of nitrogens with zero attached hydrogens (tertiary/aromatic N) is 3. The third-order valence-electron chi connectivity index (χ3n) is 3.53. The Balaban J connectivity index is 2.62. The molecule has 0 unspecified atom stereocenters. The smallest absolute Gasteiger partial charge is 0.158 e. The normalized spacial score (nSPS) is 11.6. The van der Waals surface area contributed by atoms with E-state index in [4.69, 9.17) is 4.98 Å². The van der Waals surface area contributed by atoms with Gasteiger partial charge in [0, 0.05) is 18.8 Å². The van der Waals surface area contributed by atoms with E-state index in [2.05, 4.69) is 43.6 Å². The first-order chi connectivity index (χ1) is 8.21. The predicted octanol–water partition coefficient (Wildman–Crippen LogP) is 3.43. The van der Waals surface area contributed by atoms with Gasteiger partial charge >= 0.3 is 0 Å². The van der Waals surface area contributed by atoms with E-state index in [1.165, 1.54) is 5.56 Å². The second-order valence-electron chi connectivity index (χ2n) is 4.60. The summed E-state index contributed by atoms with van der Waals surface area (Å²) in [7, 11) is 2.05. The van der Waals surface area contributed by atoms with Gasteiger partial charge in [0.25, 0.3) is 0 Å². The fourth-order valence-corrected chi connectivity index (χ4v) is 2.40. The molecule has 0 atom stereocenters. The molecule has 2 heterocycles. The Labute approximate surface area is 103 Å². The van der Waals surface area contributed by atoms with E-state index in [0.29, 0.717) is 5.92 Å². The predicted molar refractivity (Wildman–Crippen MR) is 71.2 cm³/mol. The zero-order valence-electron chi connectivity index (χ0n) is 11.2. The van der Waals surface area contributed by atoms with E-state index in [1.54, 1.807) is 0 Å². The van der Waals surface area contributed by atoms with Gasteiger partial charge in [-0.15, -0.1) is 0 Å². The summed E-state index contributed by atoms with van der Waals surface area (Å²) >= 11 is 0. The van der Waals surface area contributed by atoms with Crippen molar-refractivity contribution in [2.75, 3.05) is 0 Å². The largest absolute Gasteiger partial charge is 0.334 e. The van der Waals surface area contributed by atoms with Gasteiger partial charge in [0.15, 0.2) is 5.65 Å². The molecule has 3 heteroatoms. The first-order valence-corrected chi connectivity index (χ1v) is 6.52. The number of rotatable bonds is 4. The molecule has 0 radical (unpaired) electrons. The van der Waals surface area contributed by atoms with E-state index in [-0.39, 0.29) is 0 Å². The van der Waals surface area contributed by atoms with Crippen LogP contribution in [0.5, 0.6) is 0 Å². The van der Waals surface area contributed by atoms with Crippen LogP contribution in [-0.2, 0) is 13.5 Å². The summed E-state index contributed by atoms with van der Waals surface area (Å²) in [5.41, 5.74) is 4.54. The van der Waals surface area contributed by atoms with Crippen molar-refractivity contribution < 1.29 is 0 Å². The van der Waals surface area contributed by atoms with Crippen LogP contribution in [0, 0.1) is 0 Å². The van der Waals surface area contributed by atoms with Crippen molar-refractivity contribution in [3.63, 3.8) is 0 Å². The zero-order valence-corrected chi connectivity index (χ0v) is 11.2. The third kappa shape index (κ3) is 2.06. The molecule has 0 aliphatic rings.